The summed E-state index contributed by atoms with van der Waals surface area (Å²) in [5, 5.41) is 4.25. The van der Waals surface area contributed by atoms with Crippen LogP contribution in [0, 0.1) is 6.92 Å². The molecule has 138 valence electrons. The third kappa shape index (κ3) is 4.67. The molecule has 8 heteroatoms. The van der Waals surface area contributed by atoms with Gasteiger partial charge in [-0.2, -0.15) is 16.1 Å². The minimum Gasteiger partial charge on any atom is -0.360 e. The zero-order chi connectivity index (χ0) is 17.9. The van der Waals surface area contributed by atoms with Gasteiger partial charge in [-0.1, -0.05) is 17.7 Å². The van der Waals surface area contributed by atoms with Crippen molar-refractivity contribution in [2.24, 2.45) is 0 Å². The maximum absolute atomic E-state index is 12.7. The summed E-state index contributed by atoms with van der Waals surface area (Å²) < 4.78 is 27.1. The first-order chi connectivity index (χ1) is 12.0. The predicted octanol–water partition coefficient (Wildman–Crippen LogP) is 2.07. The molecule has 1 N–H and O–H groups in total. The fraction of sp³-hybridized carbons (Fsp3) is 0.588. The van der Waals surface area contributed by atoms with E-state index in [1.165, 1.54) is 0 Å². The van der Waals surface area contributed by atoms with Gasteiger partial charge in [0, 0.05) is 43.7 Å². The van der Waals surface area contributed by atoms with Crippen LogP contribution in [0.1, 0.15) is 18.4 Å². The average Bonchev–Trinajstić information content (AvgIpc) is 2.63. The Labute approximate surface area is 160 Å². The van der Waals surface area contributed by atoms with Gasteiger partial charge in [0.15, 0.2) is 5.11 Å². The number of nitrogens with zero attached hydrogens (tertiary/aromatic N) is 2. The van der Waals surface area contributed by atoms with Crippen molar-refractivity contribution in [3.8, 4) is 0 Å². The van der Waals surface area contributed by atoms with Crippen molar-refractivity contribution in [2.75, 3.05) is 37.7 Å². The van der Waals surface area contributed by atoms with Crippen LogP contribution in [0.2, 0.25) is 0 Å². The summed E-state index contributed by atoms with van der Waals surface area (Å²) in [5.41, 5.74) is 1.06. The van der Waals surface area contributed by atoms with Gasteiger partial charge in [0.1, 0.15) is 0 Å². The molecule has 3 rings (SSSR count). The molecule has 2 fully saturated rings. The van der Waals surface area contributed by atoms with E-state index in [1.54, 1.807) is 16.4 Å². The van der Waals surface area contributed by atoms with E-state index in [2.05, 4.69) is 10.2 Å². The van der Waals surface area contributed by atoms with Gasteiger partial charge in [-0.25, -0.2) is 8.42 Å². The number of hydrogen-bond acceptors (Lipinski definition) is 4. The first-order valence-corrected chi connectivity index (χ1v) is 11.7. The topological polar surface area (TPSA) is 52.7 Å². The molecule has 25 heavy (non-hydrogen) atoms. The van der Waals surface area contributed by atoms with E-state index < -0.39 is 10.0 Å². The molecule has 2 saturated heterocycles. The Kier molecular flexibility index (Phi) is 6.25. The van der Waals surface area contributed by atoms with Gasteiger partial charge >= 0.3 is 0 Å². The maximum atomic E-state index is 12.7. The SMILES string of the molecule is Cc1ccc(S(=O)(=O)N2CCC(NC(=S)N3CCSCC3)CC2)cc1. The fourth-order valence-corrected chi connectivity index (χ4v) is 5.85. The Morgan fingerprint density at radius 3 is 2.32 bits per heavy atom. The van der Waals surface area contributed by atoms with Crippen LogP contribution >= 0.6 is 24.0 Å². The Balaban J connectivity index is 1.54. The van der Waals surface area contributed by atoms with Crippen LogP contribution in [0.25, 0.3) is 0 Å². The number of rotatable bonds is 3. The first-order valence-electron chi connectivity index (χ1n) is 8.67. The number of sulfonamides is 1. The van der Waals surface area contributed by atoms with Crippen LogP contribution in [-0.4, -0.2) is 66.5 Å². The van der Waals surface area contributed by atoms with Crippen molar-refractivity contribution in [1.82, 2.24) is 14.5 Å². The Morgan fingerprint density at radius 2 is 1.72 bits per heavy atom. The summed E-state index contributed by atoms with van der Waals surface area (Å²) in [5.74, 6) is 2.24. The van der Waals surface area contributed by atoms with Gasteiger partial charge < -0.3 is 10.2 Å². The first kappa shape index (κ1) is 18.9. The van der Waals surface area contributed by atoms with E-state index in [9.17, 15) is 8.42 Å². The molecule has 0 saturated carbocycles. The molecular weight excluding hydrogens is 374 g/mol. The van der Waals surface area contributed by atoms with E-state index in [1.807, 2.05) is 30.8 Å². The molecule has 0 bridgehead atoms. The average molecular weight is 400 g/mol. The smallest absolute Gasteiger partial charge is 0.243 e. The quantitative estimate of drug-likeness (QED) is 0.786. The fourth-order valence-electron chi connectivity index (χ4n) is 3.13. The highest BCUT2D eigenvalue weighted by atomic mass is 32.2. The Hall–Kier alpha value is -0.830. The van der Waals surface area contributed by atoms with Gasteiger partial charge in [0.25, 0.3) is 0 Å². The van der Waals surface area contributed by atoms with E-state index in [-0.39, 0.29) is 6.04 Å². The molecule has 1 aromatic carbocycles. The molecule has 0 atom stereocenters. The lowest BCUT2D eigenvalue weighted by atomic mass is 10.1. The van der Waals surface area contributed by atoms with E-state index in [0.29, 0.717) is 18.0 Å². The van der Waals surface area contributed by atoms with E-state index in [4.69, 9.17) is 12.2 Å². The number of hydrogen-bond donors (Lipinski definition) is 1. The summed E-state index contributed by atoms with van der Waals surface area (Å²) in [4.78, 5) is 2.60. The highest BCUT2D eigenvalue weighted by molar-refractivity contribution is 7.99. The van der Waals surface area contributed by atoms with Crippen LogP contribution in [0.5, 0.6) is 0 Å². The molecule has 2 heterocycles. The van der Waals surface area contributed by atoms with Crippen molar-refractivity contribution in [2.45, 2.75) is 30.7 Å². The van der Waals surface area contributed by atoms with Gasteiger partial charge in [0.2, 0.25) is 10.0 Å². The molecule has 5 nitrogen and oxygen atoms in total. The minimum atomic E-state index is -3.39. The van der Waals surface area contributed by atoms with Gasteiger partial charge in [-0.15, -0.1) is 0 Å². The normalized spacial score (nSPS) is 20.4. The van der Waals surface area contributed by atoms with E-state index >= 15 is 0 Å². The summed E-state index contributed by atoms with van der Waals surface area (Å²) in [7, 11) is -3.39. The predicted molar refractivity (Wildman–Crippen MR) is 108 cm³/mol. The number of thioether (sulfide) groups is 1. The second-order valence-corrected chi connectivity index (χ2v) is 10.1. The molecule has 2 aliphatic heterocycles. The zero-order valence-electron chi connectivity index (χ0n) is 14.5. The second-order valence-electron chi connectivity index (χ2n) is 6.54. The molecule has 0 amide bonds. The molecule has 1 aromatic rings. The molecule has 0 unspecified atom stereocenters. The molecule has 0 spiro atoms. The second kappa shape index (κ2) is 8.24. The lowest BCUT2D eigenvalue weighted by Gasteiger charge is -2.35. The molecule has 0 aromatic heterocycles. The number of aryl methyl sites for hydroxylation is 1. The van der Waals surface area contributed by atoms with Crippen molar-refractivity contribution in [1.29, 1.82) is 0 Å². The lowest BCUT2D eigenvalue weighted by Crippen LogP contribution is -2.51. The monoisotopic (exact) mass is 399 g/mol. The van der Waals surface area contributed by atoms with Gasteiger partial charge in [-0.05, 0) is 44.1 Å². The molecule has 0 radical (unpaired) electrons. The van der Waals surface area contributed by atoms with E-state index in [0.717, 1.165) is 48.1 Å². The lowest BCUT2D eigenvalue weighted by molar-refractivity contribution is 0.301. The van der Waals surface area contributed by atoms with Crippen molar-refractivity contribution in [3.05, 3.63) is 29.8 Å². The Morgan fingerprint density at radius 1 is 1.12 bits per heavy atom. The summed E-state index contributed by atoms with van der Waals surface area (Å²) in [6.45, 7) is 5.02. The summed E-state index contributed by atoms with van der Waals surface area (Å²) in [6.07, 6.45) is 1.57. The molecule has 2 aliphatic rings. The number of nitrogens with one attached hydrogen (secondary N) is 1. The third-order valence-corrected chi connectivity index (χ3v) is 7.97. The third-order valence-electron chi connectivity index (χ3n) is 4.74. The minimum absolute atomic E-state index is 0.256. The number of benzene rings is 1. The van der Waals surface area contributed by atoms with Crippen LogP contribution in [0.4, 0.5) is 0 Å². The standard InChI is InChI=1S/C17H25N3O2S3/c1-14-2-4-16(5-3-14)25(21,22)20-8-6-15(7-9-20)18-17(23)19-10-12-24-13-11-19/h2-5,15H,6-13H2,1H3,(H,18,23). The van der Waals surface area contributed by atoms with Crippen molar-refractivity contribution in [3.63, 3.8) is 0 Å². The van der Waals surface area contributed by atoms with Crippen LogP contribution in [0.15, 0.2) is 29.2 Å². The highest BCUT2D eigenvalue weighted by Gasteiger charge is 2.30. The summed E-state index contributed by atoms with van der Waals surface area (Å²) >= 11 is 7.48. The van der Waals surface area contributed by atoms with Gasteiger partial charge in [0.05, 0.1) is 4.90 Å². The van der Waals surface area contributed by atoms with Crippen molar-refractivity contribution < 1.29 is 8.42 Å². The van der Waals surface area contributed by atoms with Crippen LogP contribution in [-0.2, 0) is 10.0 Å². The molecular formula is C17H25N3O2S3. The van der Waals surface area contributed by atoms with Crippen LogP contribution in [0.3, 0.4) is 0 Å². The Bertz CT molecular complexity index is 692. The van der Waals surface area contributed by atoms with Crippen molar-refractivity contribution >= 4 is 39.1 Å². The summed E-state index contributed by atoms with van der Waals surface area (Å²) in [6, 6.07) is 7.33. The largest absolute Gasteiger partial charge is 0.360 e. The number of thiocarbonyl (C=S) groups is 1. The zero-order valence-corrected chi connectivity index (χ0v) is 16.9. The van der Waals surface area contributed by atoms with Crippen LogP contribution < -0.4 is 5.32 Å². The molecule has 0 aliphatic carbocycles. The maximum Gasteiger partial charge on any atom is 0.243 e. The number of piperidine rings is 1. The van der Waals surface area contributed by atoms with Gasteiger partial charge in [-0.3, -0.25) is 0 Å². The highest BCUT2D eigenvalue weighted by Crippen LogP contribution is 2.21.